The minimum absolute atomic E-state index is 0.0785. The van der Waals surface area contributed by atoms with Crippen molar-refractivity contribution in [2.75, 3.05) is 0 Å². The second kappa shape index (κ2) is 7.33. The first-order chi connectivity index (χ1) is 14.4. The van der Waals surface area contributed by atoms with Crippen LogP contribution in [0.3, 0.4) is 0 Å². The number of hydrogen-bond donors (Lipinski definition) is 1. The standard InChI is InChI=1S/C23H18N4O3/c1-13-4-7-19-20(10-13)26-23(25-19)16(12-24)11-17-5-9-22(30-17)18-6-8-21(27(28)29)15(3)14(18)2/h4-11H,1-3H3,(H,25,26)/b16-11+. The number of aryl methyl sites for hydroxylation is 1. The van der Waals surface area contributed by atoms with E-state index in [9.17, 15) is 15.4 Å². The van der Waals surface area contributed by atoms with Gasteiger partial charge in [-0.15, -0.1) is 0 Å². The van der Waals surface area contributed by atoms with Gasteiger partial charge in [0.25, 0.3) is 5.69 Å². The number of aromatic nitrogens is 2. The van der Waals surface area contributed by atoms with Gasteiger partial charge in [0, 0.05) is 23.3 Å². The topological polar surface area (TPSA) is 109 Å². The van der Waals surface area contributed by atoms with Crippen LogP contribution in [-0.2, 0) is 0 Å². The molecular formula is C23H18N4O3. The van der Waals surface area contributed by atoms with Gasteiger partial charge in [0.1, 0.15) is 23.4 Å². The van der Waals surface area contributed by atoms with Gasteiger partial charge < -0.3 is 9.40 Å². The van der Waals surface area contributed by atoms with Crippen molar-refractivity contribution >= 4 is 28.4 Å². The van der Waals surface area contributed by atoms with Crippen molar-refractivity contribution in [3.05, 3.63) is 80.9 Å². The normalized spacial score (nSPS) is 11.6. The minimum Gasteiger partial charge on any atom is -0.457 e. The molecule has 4 rings (SSSR count). The lowest BCUT2D eigenvalue weighted by Crippen LogP contribution is -1.95. The first-order valence-electron chi connectivity index (χ1n) is 9.30. The predicted molar refractivity (Wildman–Crippen MR) is 115 cm³/mol. The van der Waals surface area contributed by atoms with E-state index >= 15 is 0 Å². The maximum atomic E-state index is 11.1. The highest BCUT2D eigenvalue weighted by molar-refractivity contribution is 5.90. The quantitative estimate of drug-likeness (QED) is 0.269. The van der Waals surface area contributed by atoms with Crippen molar-refractivity contribution in [3.63, 3.8) is 0 Å². The second-order valence-electron chi connectivity index (χ2n) is 7.12. The molecule has 2 aromatic carbocycles. The fourth-order valence-electron chi connectivity index (χ4n) is 3.39. The number of benzene rings is 2. The zero-order valence-electron chi connectivity index (χ0n) is 16.7. The highest BCUT2D eigenvalue weighted by atomic mass is 16.6. The van der Waals surface area contributed by atoms with E-state index < -0.39 is 4.92 Å². The lowest BCUT2D eigenvalue weighted by molar-refractivity contribution is -0.385. The number of H-pyrrole nitrogens is 1. The van der Waals surface area contributed by atoms with Crippen LogP contribution < -0.4 is 0 Å². The fraction of sp³-hybridized carbons (Fsp3) is 0.130. The Kier molecular flexibility index (Phi) is 4.68. The molecule has 7 nitrogen and oxygen atoms in total. The first-order valence-corrected chi connectivity index (χ1v) is 9.30. The summed E-state index contributed by atoms with van der Waals surface area (Å²) in [6, 6.07) is 14.7. The number of allylic oxidation sites excluding steroid dienone is 1. The van der Waals surface area contributed by atoms with E-state index in [-0.39, 0.29) is 5.69 Å². The van der Waals surface area contributed by atoms with Gasteiger partial charge in [-0.2, -0.15) is 5.26 Å². The Morgan fingerprint density at radius 3 is 2.70 bits per heavy atom. The van der Waals surface area contributed by atoms with Crippen LogP contribution >= 0.6 is 0 Å². The Labute approximate surface area is 172 Å². The van der Waals surface area contributed by atoms with Crippen molar-refractivity contribution < 1.29 is 9.34 Å². The lowest BCUT2D eigenvalue weighted by Gasteiger charge is -2.06. The van der Waals surface area contributed by atoms with E-state index in [1.54, 1.807) is 31.2 Å². The summed E-state index contributed by atoms with van der Waals surface area (Å²) in [5.74, 6) is 1.54. The number of nitriles is 1. The molecule has 0 aliphatic heterocycles. The third-order valence-electron chi connectivity index (χ3n) is 5.15. The SMILES string of the molecule is Cc1ccc2nc(/C(C#N)=C/c3ccc(-c4ccc([N+](=O)[O-])c(C)c4C)o3)[nH]c2c1. The Balaban J connectivity index is 1.71. The number of nitrogens with zero attached hydrogens (tertiary/aromatic N) is 3. The molecule has 0 spiro atoms. The average Bonchev–Trinajstić information content (AvgIpc) is 3.34. The predicted octanol–water partition coefficient (Wildman–Crippen LogP) is 5.72. The fourth-order valence-corrected chi connectivity index (χ4v) is 3.39. The molecule has 0 saturated heterocycles. The van der Waals surface area contributed by atoms with Gasteiger partial charge in [-0.05, 0) is 62.2 Å². The van der Waals surface area contributed by atoms with Crippen LogP contribution in [0.1, 0.15) is 28.3 Å². The van der Waals surface area contributed by atoms with E-state index in [2.05, 4.69) is 16.0 Å². The molecule has 0 unspecified atom stereocenters. The zero-order chi connectivity index (χ0) is 21.4. The number of furan rings is 1. The number of aromatic amines is 1. The van der Waals surface area contributed by atoms with Crippen molar-refractivity contribution in [1.82, 2.24) is 9.97 Å². The molecule has 0 saturated carbocycles. The summed E-state index contributed by atoms with van der Waals surface area (Å²) in [7, 11) is 0. The van der Waals surface area contributed by atoms with Gasteiger partial charge in [-0.25, -0.2) is 4.98 Å². The summed E-state index contributed by atoms with van der Waals surface area (Å²) < 4.78 is 5.91. The molecule has 0 amide bonds. The van der Waals surface area contributed by atoms with Crippen molar-refractivity contribution in [1.29, 1.82) is 5.26 Å². The van der Waals surface area contributed by atoms with E-state index in [1.807, 2.05) is 32.0 Å². The average molecular weight is 398 g/mol. The Hall–Kier alpha value is -4.18. The number of rotatable bonds is 4. The molecule has 2 aromatic heterocycles. The molecule has 2 heterocycles. The van der Waals surface area contributed by atoms with E-state index in [0.29, 0.717) is 28.5 Å². The molecule has 1 N–H and O–H groups in total. The number of hydrogen-bond acceptors (Lipinski definition) is 5. The second-order valence-corrected chi connectivity index (χ2v) is 7.12. The Bertz CT molecular complexity index is 1370. The van der Waals surface area contributed by atoms with Gasteiger partial charge in [0.2, 0.25) is 0 Å². The number of nitrogens with one attached hydrogen (secondary N) is 1. The van der Waals surface area contributed by atoms with Crippen molar-refractivity contribution in [2.24, 2.45) is 0 Å². The molecule has 0 fully saturated rings. The third-order valence-corrected chi connectivity index (χ3v) is 5.15. The van der Waals surface area contributed by atoms with E-state index in [0.717, 1.165) is 27.7 Å². The smallest absolute Gasteiger partial charge is 0.272 e. The molecule has 30 heavy (non-hydrogen) atoms. The van der Waals surface area contributed by atoms with Crippen LogP contribution in [0, 0.1) is 42.2 Å². The number of imidazole rings is 1. The maximum Gasteiger partial charge on any atom is 0.272 e. The van der Waals surface area contributed by atoms with E-state index in [1.165, 1.54) is 6.07 Å². The summed E-state index contributed by atoms with van der Waals surface area (Å²) in [5.41, 5.74) is 5.33. The van der Waals surface area contributed by atoms with E-state index in [4.69, 9.17) is 4.42 Å². The monoisotopic (exact) mass is 398 g/mol. The summed E-state index contributed by atoms with van der Waals surface area (Å²) >= 11 is 0. The molecule has 0 aliphatic carbocycles. The largest absolute Gasteiger partial charge is 0.457 e. The zero-order valence-corrected chi connectivity index (χ0v) is 16.7. The van der Waals surface area contributed by atoms with Gasteiger partial charge in [0.05, 0.1) is 21.5 Å². The molecule has 0 atom stereocenters. The molecule has 148 valence electrons. The summed E-state index contributed by atoms with van der Waals surface area (Å²) in [4.78, 5) is 18.4. The van der Waals surface area contributed by atoms with Crippen LogP contribution in [-0.4, -0.2) is 14.9 Å². The van der Waals surface area contributed by atoms with Crippen LogP contribution in [0.15, 0.2) is 46.9 Å². The maximum absolute atomic E-state index is 11.1. The van der Waals surface area contributed by atoms with Crippen molar-refractivity contribution in [2.45, 2.75) is 20.8 Å². The van der Waals surface area contributed by atoms with Crippen LogP contribution in [0.25, 0.3) is 34.0 Å². The molecule has 4 aromatic rings. The van der Waals surface area contributed by atoms with Crippen molar-refractivity contribution in [3.8, 4) is 17.4 Å². The highest BCUT2D eigenvalue weighted by Gasteiger charge is 2.17. The number of fused-ring (bicyclic) bond motifs is 1. The molecule has 0 radical (unpaired) electrons. The first kappa shape index (κ1) is 19.2. The third kappa shape index (κ3) is 3.35. The number of nitro groups is 1. The Morgan fingerprint density at radius 2 is 1.97 bits per heavy atom. The highest BCUT2D eigenvalue weighted by Crippen LogP contribution is 2.32. The molecule has 7 heteroatoms. The van der Waals surface area contributed by atoms with Crippen LogP contribution in [0.2, 0.25) is 0 Å². The summed E-state index contributed by atoms with van der Waals surface area (Å²) in [6.45, 7) is 5.54. The number of nitro benzene ring substituents is 1. The van der Waals surface area contributed by atoms with Gasteiger partial charge >= 0.3 is 0 Å². The molecular weight excluding hydrogens is 380 g/mol. The van der Waals surface area contributed by atoms with Gasteiger partial charge in [0.15, 0.2) is 0 Å². The van der Waals surface area contributed by atoms with Gasteiger partial charge in [-0.1, -0.05) is 6.07 Å². The van der Waals surface area contributed by atoms with Crippen LogP contribution in [0.4, 0.5) is 5.69 Å². The van der Waals surface area contributed by atoms with Gasteiger partial charge in [-0.3, -0.25) is 10.1 Å². The summed E-state index contributed by atoms with van der Waals surface area (Å²) in [6.07, 6.45) is 1.63. The molecule has 0 aliphatic rings. The molecule has 0 bridgehead atoms. The Morgan fingerprint density at radius 1 is 1.17 bits per heavy atom. The minimum atomic E-state index is -0.392. The summed E-state index contributed by atoms with van der Waals surface area (Å²) in [5, 5.41) is 20.8. The van der Waals surface area contributed by atoms with Crippen LogP contribution in [0.5, 0.6) is 0 Å². The lowest BCUT2D eigenvalue weighted by atomic mass is 10.00.